The van der Waals surface area contributed by atoms with Crippen LogP contribution in [0.15, 0.2) is 18.2 Å². The van der Waals surface area contributed by atoms with Crippen molar-refractivity contribution in [3.05, 3.63) is 33.8 Å². The number of halogens is 2. The fourth-order valence-electron chi connectivity index (χ4n) is 1.55. The molecule has 1 aromatic rings. The Morgan fingerprint density at radius 2 is 1.67 bits per heavy atom. The second-order valence-electron chi connectivity index (χ2n) is 3.76. The number of nitrogens with one attached hydrogen (secondary N) is 1. The highest BCUT2D eigenvalue weighted by molar-refractivity contribution is 6.35. The Morgan fingerprint density at radius 1 is 1.17 bits per heavy atom. The lowest BCUT2D eigenvalue weighted by atomic mass is 10.2. The van der Waals surface area contributed by atoms with Crippen LogP contribution < -0.4 is 5.32 Å². The monoisotopic (exact) mass is 291 g/mol. The number of rotatable bonds is 5. The summed E-state index contributed by atoms with van der Waals surface area (Å²) in [6.45, 7) is 1.78. The van der Waals surface area contributed by atoms with Gasteiger partial charge in [-0.1, -0.05) is 23.2 Å². The molecule has 1 unspecified atom stereocenters. The van der Waals surface area contributed by atoms with Gasteiger partial charge in [0.1, 0.15) is 0 Å². The highest BCUT2D eigenvalue weighted by Crippen LogP contribution is 2.19. The summed E-state index contributed by atoms with van der Waals surface area (Å²) in [4.78, 5) is 12.0. The summed E-state index contributed by atoms with van der Waals surface area (Å²) >= 11 is 11.7. The number of methoxy groups -OCH3 is 2. The van der Waals surface area contributed by atoms with E-state index in [9.17, 15) is 4.79 Å². The van der Waals surface area contributed by atoms with Gasteiger partial charge in [0.2, 0.25) is 0 Å². The lowest BCUT2D eigenvalue weighted by Crippen LogP contribution is -2.42. The van der Waals surface area contributed by atoms with Crippen molar-refractivity contribution in [3.63, 3.8) is 0 Å². The van der Waals surface area contributed by atoms with Gasteiger partial charge < -0.3 is 14.8 Å². The summed E-state index contributed by atoms with van der Waals surface area (Å²) in [5.41, 5.74) is 0.394. The Kier molecular flexibility index (Phi) is 5.88. The number of benzene rings is 1. The Labute approximate surface area is 116 Å². The van der Waals surface area contributed by atoms with Gasteiger partial charge in [-0.15, -0.1) is 0 Å². The minimum atomic E-state index is -0.511. The van der Waals surface area contributed by atoms with Gasteiger partial charge in [-0.3, -0.25) is 4.79 Å². The molecule has 1 rings (SSSR count). The molecular formula is C12H15Cl2NO3. The highest BCUT2D eigenvalue weighted by Gasteiger charge is 2.19. The van der Waals surface area contributed by atoms with Gasteiger partial charge >= 0.3 is 0 Å². The third-order valence-electron chi connectivity index (χ3n) is 2.36. The molecule has 18 heavy (non-hydrogen) atoms. The Hall–Kier alpha value is -0.810. The fourth-order valence-corrected chi connectivity index (χ4v) is 2.07. The van der Waals surface area contributed by atoms with Crippen LogP contribution in [0.1, 0.15) is 17.3 Å². The fraction of sp³-hybridized carbons (Fsp3) is 0.417. The number of carbonyl (C=O) groups is 1. The summed E-state index contributed by atoms with van der Waals surface area (Å²) in [5.74, 6) is -0.286. The van der Waals surface area contributed by atoms with E-state index < -0.39 is 6.29 Å². The highest BCUT2D eigenvalue weighted by atomic mass is 35.5. The topological polar surface area (TPSA) is 47.6 Å². The molecule has 1 atom stereocenters. The average Bonchev–Trinajstić information content (AvgIpc) is 2.29. The molecule has 0 saturated heterocycles. The number of hydrogen-bond acceptors (Lipinski definition) is 3. The summed E-state index contributed by atoms with van der Waals surface area (Å²) in [6.07, 6.45) is -0.511. The van der Waals surface area contributed by atoms with E-state index >= 15 is 0 Å². The van der Waals surface area contributed by atoms with Crippen molar-refractivity contribution in [1.82, 2.24) is 5.32 Å². The molecule has 0 saturated carbocycles. The lowest BCUT2D eigenvalue weighted by Gasteiger charge is -2.22. The second kappa shape index (κ2) is 6.95. The van der Waals surface area contributed by atoms with Gasteiger partial charge in [-0.2, -0.15) is 0 Å². The van der Waals surface area contributed by atoms with E-state index in [4.69, 9.17) is 32.7 Å². The van der Waals surface area contributed by atoms with Crippen LogP contribution in [0.4, 0.5) is 0 Å². The van der Waals surface area contributed by atoms with Gasteiger partial charge in [-0.25, -0.2) is 0 Å². The molecule has 100 valence electrons. The maximum absolute atomic E-state index is 12.0. The predicted octanol–water partition coefficient (Wildman–Crippen LogP) is 2.73. The molecule has 0 aromatic heterocycles. The number of hydrogen-bond donors (Lipinski definition) is 1. The molecular weight excluding hydrogens is 277 g/mol. The van der Waals surface area contributed by atoms with Crippen molar-refractivity contribution in [2.24, 2.45) is 0 Å². The van der Waals surface area contributed by atoms with Gasteiger partial charge in [0, 0.05) is 29.8 Å². The maximum atomic E-state index is 12.0. The number of ether oxygens (including phenoxy) is 2. The molecule has 0 radical (unpaired) electrons. The molecule has 0 bridgehead atoms. The van der Waals surface area contributed by atoms with Crippen LogP contribution in [-0.4, -0.2) is 32.5 Å². The van der Waals surface area contributed by atoms with Crippen molar-refractivity contribution in [3.8, 4) is 0 Å². The van der Waals surface area contributed by atoms with Crippen LogP contribution in [0, 0.1) is 0 Å². The molecule has 0 heterocycles. The first-order chi connectivity index (χ1) is 8.47. The van der Waals surface area contributed by atoms with E-state index in [1.807, 2.05) is 0 Å². The third-order valence-corrected chi connectivity index (χ3v) is 2.79. The van der Waals surface area contributed by atoms with Crippen LogP contribution in [0.25, 0.3) is 0 Å². The van der Waals surface area contributed by atoms with Gasteiger partial charge in [0.05, 0.1) is 6.04 Å². The van der Waals surface area contributed by atoms with E-state index in [0.29, 0.717) is 15.6 Å². The third kappa shape index (κ3) is 4.14. The van der Waals surface area contributed by atoms with Gasteiger partial charge in [0.25, 0.3) is 5.91 Å². The number of amides is 1. The zero-order valence-electron chi connectivity index (χ0n) is 10.4. The standard InChI is InChI=1S/C12H15Cl2NO3/c1-7(12(17-2)18-3)15-11(16)8-4-9(13)6-10(14)5-8/h4-7,12H,1-3H3,(H,15,16). The van der Waals surface area contributed by atoms with Crippen molar-refractivity contribution in [2.75, 3.05) is 14.2 Å². The van der Waals surface area contributed by atoms with Crippen LogP contribution in [0.2, 0.25) is 10.0 Å². The number of carbonyl (C=O) groups excluding carboxylic acids is 1. The van der Waals surface area contributed by atoms with Crippen molar-refractivity contribution in [2.45, 2.75) is 19.3 Å². The second-order valence-corrected chi connectivity index (χ2v) is 4.63. The van der Waals surface area contributed by atoms with Gasteiger partial charge in [0.15, 0.2) is 6.29 Å². The first-order valence-electron chi connectivity index (χ1n) is 5.30. The molecule has 0 aliphatic heterocycles. The molecule has 1 amide bonds. The largest absolute Gasteiger partial charge is 0.354 e. The lowest BCUT2D eigenvalue weighted by molar-refractivity contribution is -0.117. The SMILES string of the molecule is COC(OC)C(C)NC(=O)c1cc(Cl)cc(Cl)c1. The van der Waals surface area contributed by atoms with Crippen molar-refractivity contribution in [1.29, 1.82) is 0 Å². The van der Waals surface area contributed by atoms with Crippen LogP contribution in [0.5, 0.6) is 0 Å². The summed E-state index contributed by atoms with van der Waals surface area (Å²) in [6, 6.07) is 4.36. The van der Waals surface area contributed by atoms with Crippen molar-refractivity contribution < 1.29 is 14.3 Å². The predicted molar refractivity (Wildman–Crippen MR) is 71.2 cm³/mol. The zero-order chi connectivity index (χ0) is 13.7. The maximum Gasteiger partial charge on any atom is 0.251 e. The smallest absolute Gasteiger partial charge is 0.251 e. The quantitative estimate of drug-likeness (QED) is 0.849. The Balaban J connectivity index is 2.76. The van der Waals surface area contributed by atoms with Crippen LogP contribution in [0.3, 0.4) is 0 Å². The molecule has 1 N–H and O–H groups in total. The van der Waals surface area contributed by atoms with Crippen LogP contribution in [-0.2, 0) is 9.47 Å². The Bertz CT molecular complexity index is 402. The Morgan fingerprint density at radius 3 is 2.11 bits per heavy atom. The first-order valence-corrected chi connectivity index (χ1v) is 6.06. The summed E-state index contributed by atoms with van der Waals surface area (Å²) in [5, 5.41) is 3.57. The van der Waals surface area contributed by atoms with Gasteiger partial charge in [-0.05, 0) is 25.1 Å². The molecule has 0 aliphatic rings. The molecule has 4 nitrogen and oxygen atoms in total. The molecule has 1 aromatic carbocycles. The minimum absolute atomic E-state index is 0.286. The average molecular weight is 292 g/mol. The van der Waals surface area contributed by atoms with E-state index in [2.05, 4.69) is 5.32 Å². The van der Waals surface area contributed by atoms with E-state index in [1.165, 1.54) is 14.2 Å². The summed E-state index contributed by atoms with van der Waals surface area (Å²) < 4.78 is 10.1. The van der Waals surface area contributed by atoms with Crippen molar-refractivity contribution >= 4 is 29.1 Å². The van der Waals surface area contributed by atoms with E-state index in [-0.39, 0.29) is 11.9 Å². The molecule has 0 spiro atoms. The van der Waals surface area contributed by atoms with E-state index in [1.54, 1.807) is 25.1 Å². The molecule has 0 fully saturated rings. The normalized spacial score (nSPS) is 12.6. The van der Waals surface area contributed by atoms with Crippen LogP contribution >= 0.6 is 23.2 Å². The summed E-state index contributed by atoms with van der Waals surface area (Å²) in [7, 11) is 3.01. The molecule has 6 heteroatoms. The molecule has 0 aliphatic carbocycles. The minimum Gasteiger partial charge on any atom is -0.354 e. The first kappa shape index (κ1) is 15.2. The van der Waals surface area contributed by atoms with E-state index in [0.717, 1.165) is 0 Å². The zero-order valence-corrected chi connectivity index (χ0v) is 11.9.